The molecule has 0 saturated heterocycles. The maximum Gasteiger partial charge on any atom is 0.327 e. The van der Waals surface area contributed by atoms with Crippen LogP contribution in [0.4, 0.5) is 0 Å². The van der Waals surface area contributed by atoms with E-state index < -0.39 is 17.9 Å². The summed E-state index contributed by atoms with van der Waals surface area (Å²) in [5.74, 6) is -1.48. The third-order valence-corrected chi connectivity index (χ3v) is 3.15. The molecule has 17 heavy (non-hydrogen) atoms. The normalized spacial score (nSPS) is 13.6. The van der Waals surface area contributed by atoms with Crippen LogP contribution >= 0.6 is 11.8 Å². The zero-order valence-corrected chi connectivity index (χ0v) is 11.0. The van der Waals surface area contributed by atoms with Gasteiger partial charge in [-0.05, 0) is 13.8 Å². The van der Waals surface area contributed by atoms with E-state index in [1.54, 1.807) is 6.92 Å². The number of nitrogens with one attached hydrogen (secondary N) is 2. The summed E-state index contributed by atoms with van der Waals surface area (Å²) >= 11 is 1.20. The zero-order chi connectivity index (χ0) is 13.4. The first-order valence-corrected chi connectivity index (χ1v) is 6.32. The molecule has 6 nitrogen and oxygen atoms in total. The van der Waals surface area contributed by atoms with Crippen molar-refractivity contribution in [2.24, 2.45) is 0 Å². The highest BCUT2D eigenvalue weighted by Crippen LogP contribution is 2.12. The maximum absolute atomic E-state index is 11.4. The van der Waals surface area contributed by atoms with Crippen LogP contribution in [0.5, 0.6) is 0 Å². The summed E-state index contributed by atoms with van der Waals surface area (Å²) < 4.78 is 0. The third kappa shape index (κ3) is 6.83. The number of amides is 2. The Balaban J connectivity index is 4.16. The number of carbonyl (C=O) groups is 3. The Morgan fingerprint density at radius 2 is 1.94 bits per heavy atom. The van der Waals surface area contributed by atoms with E-state index in [4.69, 9.17) is 5.11 Å². The minimum Gasteiger partial charge on any atom is -0.480 e. The first-order valence-electron chi connectivity index (χ1n) is 5.27. The number of carboxylic acids is 1. The van der Waals surface area contributed by atoms with Crippen LogP contribution in [0.1, 0.15) is 20.8 Å². The fourth-order valence-corrected chi connectivity index (χ4v) is 2.00. The predicted octanol–water partition coefficient (Wildman–Crippen LogP) is -0.166. The lowest BCUT2D eigenvalue weighted by molar-refractivity contribution is -0.140. The lowest BCUT2D eigenvalue weighted by Crippen LogP contribution is -2.42. The van der Waals surface area contributed by atoms with Gasteiger partial charge in [-0.15, -0.1) is 11.8 Å². The Morgan fingerprint density at radius 3 is 2.35 bits per heavy atom. The Hall–Kier alpha value is -1.24. The molecule has 7 heteroatoms. The molecule has 98 valence electrons. The molecule has 3 N–H and O–H groups in total. The number of hydrogen-bond acceptors (Lipinski definition) is 4. The van der Waals surface area contributed by atoms with Crippen molar-refractivity contribution in [3.63, 3.8) is 0 Å². The summed E-state index contributed by atoms with van der Waals surface area (Å²) in [6.07, 6.45) is 0. The van der Waals surface area contributed by atoms with Gasteiger partial charge in [0.15, 0.2) is 0 Å². The summed E-state index contributed by atoms with van der Waals surface area (Å²) in [5, 5.41) is 13.5. The molecular weight excluding hydrogens is 244 g/mol. The Kier molecular flexibility index (Phi) is 7.36. The van der Waals surface area contributed by atoms with Gasteiger partial charge in [0, 0.05) is 19.2 Å². The van der Waals surface area contributed by atoms with Gasteiger partial charge in [0.25, 0.3) is 0 Å². The fraction of sp³-hybridized carbons (Fsp3) is 0.700. The Bertz CT molecular complexity index is 296. The number of hydrogen-bond donors (Lipinski definition) is 3. The number of carboxylic acid groups (broad SMARTS) is 1. The van der Waals surface area contributed by atoms with Crippen molar-refractivity contribution in [3.05, 3.63) is 0 Å². The van der Waals surface area contributed by atoms with Gasteiger partial charge in [-0.2, -0.15) is 0 Å². The first-order chi connectivity index (χ1) is 7.88. The molecule has 2 amide bonds. The lowest BCUT2D eigenvalue weighted by atomic mass is 10.3. The van der Waals surface area contributed by atoms with Crippen LogP contribution in [0, 0.1) is 0 Å². The van der Waals surface area contributed by atoms with Gasteiger partial charge in [-0.25, -0.2) is 4.79 Å². The molecule has 0 bridgehead atoms. The van der Waals surface area contributed by atoms with E-state index in [1.807, 2.05) is 6.92 Å². The van der Waals surface area contributed by atoms with Gasteiger partial charge in [-0.3, -0.25) is 9.59 Å². The van der Waals surface area contributed by atoms with E-state index in [0.717, 1.165) is 0 Å². The van der Waals surface area contributed by atoms with Gasteiger partial charge < -0.3 is 15.7 Å². The standard InChI is InChI=1S/C10H18N2O4S/c1-4-11-9(14)6(2)17-5-8(10(15)16)12-7(3)13/h6,8H,4-5H2,1-3H3,(H,11,14)(H,12,13)(H,15,16). The molecule has 2 unspecified atom stereocenters. The summed E-state index contributed by atoms with van der Waals surface area (Å²) in [5.41, 5.74) is 0. The SMILES string of the molecule is CCNC(=O)C(C)SCC(NC(C)=O)C(=O)O. The molecule has 0 spiro atoms. The van der Waals surface area contributed by atoms with Crippen molar-refractivity contribution in [2.45, 2.75) is 32.1 Å². The fourth-order valence-electron chi connectivity index (χ4n) is 1.05. The first kappa shape index (κ1) is 15.8. The average Bonchev–Trinajstić information content (AvgIpc) is 2.23. The van der Waals surface area contributed by atoms with Crippen LogP contribution in [0.3, 0.4) is 0 Å². The average molecular weight is 262 g/mol. The summed E-state index contributed by atoms with van der Waals surface area (Å²) in [4.78, 5) is 33.0. The van der Waals surface area contributed by atoms with Gasteiger partial charge in [0.2, 0.25) is 11.8 Å². The molecule has 0 aromatic heterocycles. The second kappa shape index (κ2) is 7.94. The van der Waals surface area contributed by atoms with E-state index in [2.05, 4.69) is 10.6 Å². The van der Waals surface area contributed by atoms with E-state index >= 15 is 0 Å². The lowest BCUT2D eigenvalue weighted by Gasteiger charge is -2.15. The molecule has 0 rings (SSSR count). The molecule has 0 radical (unpaired) electrons. The van der Waals surface area contributed by atoms with Gasteiger partial charge in [0.05, 0.1) is 5.25 Å². The van der Waals surface area contributed by atoms with E-state index in [1.165, 1.54) is 18.7 Å². The van der Waals surface area contributed by atoms with Crippen molar-refractivity contribution in [1.82, 2.24) is 10.6 Å². The van der Waals surface area contributed by atoms with Crippen molar-refractivity contribution < 1.29 is 19.5 Å². The molecule has 0 aliphatic heterocycles. The Labute approximate surface area is 105 Å². The maximum atomic E-state index is 11.4. The van der Waals surface area contributed by atoms with Crippen molar-refractivity contribution in [1.29, 1.82) is 0 Å². The van der Waals surface area contributed by atoms with Crippen LogP contribution in [0.15, 0.2) is 0 Å². The largest absolute Gasteiger partial charge is 0.480 e. The number of thioether (sulfide) groups is 1. The highest BCUT2D eigenvalue weighted by molar-refractivity contribution is 8.00. The number of aliphatic carboxylic acids is 1. The van der Waals surface area contributed by atoms with Gasteiger partial charge in [0.1, 0.15) is 6.04 Å². The van der Waals surface area contributed by atoms with Crippen LogP contribution in [-0.4, -0.2) is 46.5 Å². The van der Waals surface area contributed by atoms with Gasteiger partial charge >= 0.3 is 5.97 Å². The minimum atomic E-state index is -1.10. The number of carbonyl (C=O) groups excluding carboxylic acids is 2. The molecule has 0 aliphatic rings. The molecule has 0 aromatic carbocycles. The highest BCUT2D eigenvalue weighted by Gasteiger charge is 2.21. The molecule has 0 aromatic rings. The third-order valence-electron chi connectivity index (χ3n) is 1.91. The molecule has 0 saturated carbocycles. The highest BCUT2D eigenvalue weighted by atomic mass is 32.2. The van der Waals surface area contributed by atoms with Crippen LogP contribution < -0.4 is 10.6 Å². The zero-order valence-electron chi connectivity index (χ0n) is 10.1. The smallest absolute Gasteiger partial charge is 0.327 e. The van der Waals surface area contributed by atoms with Crippen molar-refractivity contribution >= 4 is 29.5 Å². The van der Waals surface area contributed by atoms with Crippen LogP contribution in [0.2, 0.25) is 0 Å². The number of rotatable bonds is 7. The monoisotopic (exact) mass is 262 g/mol. The topological polar surface area (TPSA) is 95.5 Å². The molecule has 2 atom stereocenters. The minimum absolute atomic E-state index is 0.135. The molecular formula is C10H18N2O4S. The molecule has 0 heterocycles. The molecule has 0 fully saturated rings. The van der Waals surface area contributed by atoms with Crippen LogP contribution in [0.25, 0.3) is 0 Å². The Morgan fingerprint density at radius 1 is 1.35 bits per heavy atom. The van der Waals surface area contributed by atoms with E-state index in [-0.39, 0.29) is 16.9 Å². The summed E-state index contributed by atoms with van der Waals surface area (Å²) in [6.45, 7) is 5.31. The van der Waals surface area contributed by atoms with E-state index in [0.29, 0.717) is 6.54 Å². The summed E-state index contributed by atoms with van der Waals surface area (Å²) in [6, 6.07) is -0.964. The quantitative estimate of drug-likeness (QED) is 0.592. The second-order valence-electron chi connectivity index (χ2n) is 3.46. The summed E-state index contributed by atoms with van der Waals surface area (Å²) in [7, 11) is 0. The predicted molar refractivity (Wildman–Crippen MR) is 65.8 cm³/mol. The van der Waals surface area contributed by atoms with Crippen molar-refractivity contribution in [2.75, 3.05) is 12.3 Å². The van der Waals surface area contributed by atoms with Crippen molar-refractivity contribution in [3.8, 4) is 0 Å². The van der Waals surface area contributed by atoms with Crippen LogP contribution in [-0.2, 0) is 14.4 Å². The molecule has 0 aliphatic carbocycles. The van der Waals surface area contributed by atoms with Gasteiger partial charge in [-0.1, -0.05) is 0 Å². The van der Waals surface area contributed by atoms with E-state index in [9.17, 15) is 14.4 Å². The second-order valence-corrected chi connectivity index (χ2v) is 4.84.